The first-order valence-electron chi connectivity index (χ1n) is 6.67. The summed E-state index contributed by atoms with van der Waals surface area (Å²) in [5.41, 5.74) is 1.01. The number of hydrogen-bond acceptors (Lipinski definition) is 2. The zero-order valence-electron chi connectivity index (χ0n) is 10.9. The number of fused-ring (bicyclic) bond motifs is 2. The van der Waals surface area contributed by atoms with Crippen LogP contribution < -0.4 is 0 Å². The van der Waals surface area contributed by atoms with Gasteiger partial charge in [0.05, 0.1) is 0 Å². The van der Waals surface area contributed by atoms with E-state index in [2.05, 4.69) is 17.1 Å². The van der Waals surface area contributed by atoms with E-state index in [-0.39, 0.29) is 11.8 Å². The number of pyridine rings is 1. The maximum atomic E-state index is 12.5. The summed E-state index contributed by atoms with van der Waals surface area (Å²) in [6.07, 6.45) is 8.38. The first kappa shape index (κ1) is 12.7. The predicted molar refractivity (Wildman–Crippen MR) is 74.6 cm³/mol. The van der Waals surface area contributed by atoms with Crippen LogP contribution in [0.3, 0.4) is 0 Å². The molecule has 1 heterocycles. The Labute approximate surface area is 118 Å². The summed E-state index contributed by atoms with van der Waals surface area (Å²) in [6.45, 7) is 0.598. The summed E-state index contributed by atoms with van der Waals surface area (Å²) in [5, 5.41) is 0.482. The molecule has 19 heavy (non-hydrogen) atoms. The van der Waals surface area contributed by atoms with E-state index in [0.717, 1.165) is 18.4 Å². The number of allylic oxidation sites excluding steroid dienone is 2. The van der Waals surface area contributed by atoms with E-state index in [0.29, 0.717) is 23.5 Å². The van der Waals surface area contributed by atoms with E-state index in [9.17, 15) is 4.79 Å². The molecule has 0 saturated heterocycles. The van der Waals surface area contributed by atoms with Crippen molar-refractivity contribution in [3.8, 4) is 0 Å². The quantitative estimate of drug-likeness (QED) is 0.628. The lowest BCUT2D eigenvalue weighted by Crippen LogP contribution is -2.34. The van der Waals surface area contributed by atoms with Gasteiger partial charge < -0.3 is 4.90 Å². The summed E-state index contributed by atoms with van der Waals surface area (Å²) in [7, 11) is 1.87. The number of carbonyl (C=O) groups is 1. The number of halogens is 1. The molecule has 0 spiro atoms. The van der Waals surface area contributed by atoms with Crippen LogP contribution >= 0.6 is 11.6 Å². The standard InChI is InChI=1S/C15H17ClN2O/c1-18(9-11-3-5-14(16)17-8-11)15(19)13-7-10-2-4-12(13)6-10/h2-5,8,10,12-13H,6-7,9H2,1H3/t10-,12+,13-/m1/s1. The Morgan fingerprint density at radius 2 is 2.26 bits per heavy atom. The Bertz CT molecular complexity index is 511. The van der Waals surface area contributed by atoms with Crippen molar-refractivity contribution in [3.05, 3.63) is 41.2 Å². The molecule has 1 fully saturated rings. The smallest absolute Gasteiger partial charge is 0.226 e. The molecule has 2 aliphatic carbocycles. The minimum atomic E-state index is 0.181. The Hall–Kier alpha value is -1.35. The van der Waals surface area contributed by atoms with Crippen LogP contribution in [0.15, 0.2) is 30.5 Å². The summed E-state index contributed by atoms with van der Waals surface area (Å²) in [4.78, 5) is 18.3. The molecule has 2 bridgehead atoms. The molecule has 3 nitrogen and oxygen atoms in total. The van der Waals surface area contributed by atoms with Crippen molar-refractivity contribution < 1.29 is 4.79 Å². The molecular formula is C15H17ClN2O. The van der Waals surface area contributed by atoms with Crippen LogP contribution in [0.4, 0.5) is 0 Å². The molecule has 3 rings (SSSR count). The first-order valence-corrected chi connectivity index (χ1v) is 7.05. The maximum Gasteiger partial charge on any atom is 0.226 e. The van der Waals surface area contributed by atoms with Gasteiger partial charge in [-0.15, -0.1) is 0 Å². The molecular weight excluding hydrogens is 260 g/mol. The molecule has 0 N–H and O–H groups in total. The molecule has 4 heteroatoms. The Morgan fingerprint density at radius 3 is 2.84 bits per heavy atom. The minimum Gasteiger partial charge on any atom is -0.341 e. The molecule has 0 aliphatic heterocycles. The zero-order chi connectivity index (χ0) is 13.4. The van der Waals surface area contributed by atoms with E-state index < -0.39 is 0 Å². The molecule has 1 aromatic heterocycles. The normalized spacial score (nSPS) is 27.8. The van der Waals surface area contributed by atoms with Crippen molar-refractivity contribution in [2.45, 2.75) is 19.4 Å². The van der Waals surface area contributed by atoms with Gasteiger partial charge >= 0.3 is 0 Å². The topological polar surface area (TPSA) is 33.2 Å². The molecule has 3 atom stereocenters. The molecule has 1 amide bonds. The lowest BCUT2D eigenvalue weighted by molar-refractivity contribution is -0.135. The van der Waals surface area contributed by atoms with Crippen molar-refractivity contribution in [2.24, 2.45) is 17.8 Å². The van der Waals surface area contributed by atoms with E-state index in [4.69, 9.17) is 11.6 Å². The van der Waals surface area contributed by atoms with Crippen LogP contribution in [0, 0.1) is 17.8 Å². The second-order valence-electron chi connectivity index (χ2n) is 5.57. The lowest BCUT2D eigenvalue weighted by atomic mass is 9.92. The van der Waals surface area contributed by atoms with E-state index in [1.165, 1.54) is 0 Å². The fourth-order valence-corrected chi connectivity index (χ4v) is 3.31. The van der Waals surface area contributed by atoms with Gasteiger partial charge in [-0.1, -0.05) is 29.8 Å². The van der Waals surface area contributed by atoms with Crippen LogP contribution in [0.2, 0.25) is 5.15 Å². The third-order valence-corrected chi connectivity index (χ3v) is 4.40. The highest BCUT2D eigenvalue weighted by Crippen LogP contribution is 2.44. The fraction of sp³-hybridized carbons (Fsp3) is 0.467. The van der Waals surface area contributed by atoms with Crippen LogP contribution in [-0.4, -0.2) is 22.8 Å². The number of carbonyl (C=O) groups excluding carboxylic acids is 1. The number of nitrogens with zero attached hydrogens (tertiary/aromatic N) is 2. The average molecular weight is 277 g/mol. The first-order chi connectivity index (χ1) is 9.13. The van der Waals surface area contributed by atoms with E-state index >= 15 is 0 Å². The number of hydrogen-bond donors (Lipinski definition) is 0. The van der Waals surface area contributed by atoms with Gasteiger partial charge in [-0.2, -0.15) is 0 Å². The van der Waals surface area contributed by atoms with Gasteiger partial charge in [0, 0.05) is 25.7 Å². The largest absolute Gasteiger partial charge is 0.341 e. The van der Waals surface area contributed by atoms with Crippen LogP contribution in [-0.2, 0) is 11.3 Å². The second kappa shape index (κ2) is 4.97. The molecule has 1 saturated carbocycles. The average Bonchev–Trinajstić information content (AvgIpc) is 3.03. The fourth-order valence-electron chi connectivity index (χ4n) is 3.20. The van der Waals surface area contributed by atoms with Crippen LogP contribution in [0.1, 0.15) is 18.4 Å². The minimum absolute atomic E-state index is 0.181. The lowest BCUT2D eigenvalue weighted by Gasteiger charge is -2.24. The van der Waals surface area contributed by atoms with E-state index in [1.54, 1.807) is 12.3 Å². The third-order valence-electron chi connectivity index (χ3n) is 4.18. The molecule has 1 aromatic rings. The monoisotopic (exact) mass is 276 g/mol. The van der Waals surface area contributed by atoms with Crippen LogP contribution in [0.25, 0.3) is 0 Å². The zero-order valence-corrected chi connectivity index (χ0v) is 11.7. The summed E-state index contributed by atoms with van der Waals surface area (Å²) < 4.78 is 0. The Kier molecular flexibility index (Phi) is 3.31. The highest BCUT2D eigenvalue weighted by atomic mass is 35.5. The summed E-state index contributed by atoms with van der Waals surface area (Å²) >= 11 is 5.76. The second-order valence-corrected chi connectivity index (χ2v) is 5.96. The summed E-state index contributed by atoms with van der Waals surface area (Å²) in [5.74, 6) is 1.53. The van der Waals surface area contributed by atoms with Crippen LogP contribution in [0.5, 0.6) is 0 Å². The van der Waals surface area contributed by atoms with Crippen molar-refractivity contribution in [1.29, 1.82) is 0 Å². The van der Waals surface area contributed by atoms with Gasteiger partial charge in [0.15, 0.2) is 0 Å². The molecule has 0 aromatic carbocycles. The highest BCUT2D eigenvalue weighted by molar-refractivity contribution is 6.29. The van der Waals surface area contributed by atoms with Crippen molar-refractivity contribution in [3.63, 3.8) is 0 Å². The summed E-state index contributed by atoms with van der Waals surface area (Å²) in [6, 6.07) is 3.68. The molecule has 2 aliphatic rings. The number of amides is 1. The third kappa shape index (κ3) is 2.52. The Morgan fingerprint density at radius 1 is 1.42 bits per heavy atom. The van der Waals surface area contributed by atoms with Crippen molar-refractivity contribution >= 4 is 17.5 Å². The predicted octanol–water partition coefficient (Wildman–Crippen LogP) is 2.91. The number of rotatable bonds is 3. The molecule has 0 unspecified atom stereocenters. The van der Waals surface area contributed by atoms with Gasteiger partial charge in [0.2, 0.25) is 5.91 Å². The highest BCUT2D eigenvalue weighted by Gasteiger charge is 2.40. The Balaban J connectivity index is 1.64. The van der Waals surface area contributed by atoms with Gasteiger partial charge in [-0.3, -0.25) is 4.79 Å². The van der Waals surface area contributed by atoms with E-state index in [1.807, 2.05) is 18.0 Å². The van der Waals surface area contributed by atoms with Gasteiger partial charge in [0.25, 0.3) is 0 Å². The van der Waals surface area contributed by atoms with Crippen molar-refractivity contribution in [2.75, 3.05) is 7.05 Å². The van der Waals surface area contributed by atoms with Crippen molar-refractivity contribution in [1.82, 2.24) is 9.88 Å². The maximum absolute atomic E-state index is 12.5. The molecule has 100 valence electrons. The number of aromatic nitrogens is 1. The SMILES string of the molecule is CN(Cc1ccc(Cl)nc1)C(=O)[C@@H]1C[C@@H]2C=C[C@H]1C2. The molecule has 0 radical (unpaired) electrons. The van der Waals surface area contributed by atoms with Gasteiger partial charge in [-0.25, -0.2) is 4.98 Å². The van der Waals surface area contributed by atoms with Gasteiger partial charge in [-0.05, 0) is 36.3 Å². The van der Waals surface area contributed by atoms with Gasteiger partial charge in [0.1, 0.15) is 5.15 Å².